The lowest BCUT2D eigenvalue weighted by atomic mass is 9.83. The van der Waals surface area contributed by atoms with E-state index in [1.165, 1.54) is 12.6 Å². The molecule has 1 saturated carbocycles. The Kier molecular flexibility index (Phi) is 5.39. The molecule has 1 aliphatic carbocycles. The molecule has 2 atom stereocenters. The molecule has 1 fully saturated rings. The fraction of sp³-hybridized carbons (Fsp3) is 0.727. The smallest absolute Gasteiger partial charge is 0.257 e. The Morgan fingerprint density at radius 1 is 1.44 bits per heavy atom. The number of rotatable bonds is 3. The standard InChI is InChI=1S/C11H22BN3O/c12-16-7-8-2-1-3-9(6-13)10(5-4-8)11(14)15/h6,8-9,13H,1-5,7,12,14-15H2. The van der Waals surface area contributed by atoms with Crippen molar-refractivity contribution in [2.24, 2.45) is 23.3 Å². The van der Waals surface area contributed by atoms with E-state index in [-0.39, 0.29) is 5.92 Å². The summed E-state index contributed by atoms with van der Waals surface area (Å²) >= 11 is 0. The first-order chi connectivity index (χ1) is 7.69. The molecule has 0 aliphatic heterocycles. The zero-order valence-electron chi connectivity index (χ0n) is 10.0. The molecule has 5 heteroatoms. The minimum Gasteiger partial charge on any atom is -0.444 e. The summed E-state index contributed by atoms with van der Waals surface area (Å²) in [6, 6.07) is 0. The molecule has 0 spiro atoms. The molecule has 1 aliphatic rings. The van der Waals surface area contributed by atoms with E-state index < -0.39 is 0 Å². The van der Waals surface area contributed by atoms with Crippen LogP contribution in [0.15, 0.2) is 11.4 Å². The maximum Gasteiger partial charge on any atom is 0.257 e. The number of nitrogens with one attached hydrogen (secondary N) is 1. The lowest BCUT2D eigenvalue weighted by Gasteiger charge is -2.25. The van der Waals surface area contributed by atoms with Gasteiger partial charge in [-0.25, -0.2) is 0 Å². The van der Waals surface area contributed by atoms with E-state index in [9.17, 15) is 0 Å². The van der Waals surface area contributed by atoms with Gasteiger partial charge in [0.2, 0.25) is 0 Å². The molecule has 5 N–H and O–H groups in total. The molecule has 0 amide bonds. The summed E-state index contributed by atoms with van der Waals surface area (Å²) in [6.45, 7) is 0.813. The van der Waals surface area contributed by atoms with Crippen LogP contribution >= 0.6 is 0 Å². The van der Waals surface area contributed by atoms with E-state index in [1.807, 2.05) is 0 Å². The Bertz CT molecular complexity index is 264. The predicted octanol–water partition coefficient (Wildman–Crippen LogP) is 0.526. The van der Waals surface area contributed by atoms with Crippen molar-refractivity contribution in [3.05, 3.63) is 11.4 Å². The van der Waals surface area contributed by atoms with E-state index in [0.29, 0.717) is 11.7 Å². The lowest BCUT2D eigenvalue weighted by Crippen LogP contribution is -2.22. The van der Waals surface area contributed by atoms with Crippen LogP contribution in [0.25, 0.3) is 0 Å². The third-order valence-corrected chi connectivity index (χ3v) is 3.37. The largest absolute Gasteiger partial charge is 0.444 e. The maximum absolute atomic E-state index is 7.43. The van der Waals surface area contributed by atoms with E-state index in [1.54, 1.807) is 8.05 Å². The van der Waals surface area contributed by atoms with Crippen LogP contribution in [0.1, 0.15) is 32.1 Å². The molecule has 1 rings (SSSR count). The molecule has 2 unspecified atom stereocenters. The van der Waals surface area contributed by atoms with E-state index in [0.717, 1.165) is 37.9 Å². The number of nitrogens with two attached hydrogens (primary N) is 2. The highest BCUT2D eigenvalue weighted by Gasteiger charge is 2.20. The van der Waals surface area contributed by atoms with Crippen LogP contribution in [-0.4, -0.2) is 20.9 Å². The van der Waals surface area contributed by atoms with Gasteiger partial charge in [0, 0.05) is 18.7 Å². The van der Waals surface area contributed by atoms with Crippen molar-refractivity contribution in [3.8, 4) is 0 Å². The second kappa shape index (κ2) is 6.58. The highest BCUT2D eigenvalue weighted by Crippen LogP contribution is 2.29. The van der Waals surface area contributed by atoms with Crippen molar-refractivity contribution >= 4 is 14.3 Å². The molecule has 16 heavy (non-hydrogen) atoms. The zero-order chi connectivity index (χ0) is 12.0. The Balaban J connectivity index is 2.67. The van der Waals surface area contributed by atoms with E-state index >= 15 is 0 Å². The van der Waals surface area contributed by atoms with Crippen molar-refractivity contribution in [2.75, 3.05) is 6.61 Å². The van der Waals surface area contributed by atoms with Gasteiger partial charge in [-0.2, -0.15) is 0 Å². The molecule has 90 valence electrons. The van der Waals surface area contributed by atoms with Crippen molar-refractivity contribution in [3.63, 3.8) is 0 Å². The first-order valence-corrected chi connectivity index (χ1v) is 5.92. The summed E-state index contributed by atoms with van der Waals surface area (Å²) in [6.07, 6.45) is 6.71. The Morgan fingerprint density at radius 2 is 2.19 bits per heavy atom. The van der Waals surface area contributed by atoms with Gasteiger partial charge in [0.15, 0.2) is 0 Å². The molecule has 0 aromatic rings. The summed E-state index contributed by atoms with van der Waals surface area (Å²) in [5.74, 6) is 1.16. The molecule has 0 radical (unpaired) electrons. The van der Waals surface area contributed by atoms with Crippen LogP contribution < -0.4 is 11.5 Å². The third kappa shape index (κ3) is 3.56. The summed E-state index contributed by atoms with van der Waals surface area (Å²) in [5, 5.41) is 7.43. The third-order valence-electron chi connectivity index (χ3n) is 3.37. The van der Waals surface area contributed by atoms with Crippen molar-refractivity contribution < 1.29 is 4.65 Å². The summed E-state index contributed by atoms with van der Waals surface area (Å²) in [7, 11) is 1.74. The Hall–Kier alpha value is -0.965. The molecular weight excluding hydrogens is 201 g/mol. The van der Waals surface area contributed by atoms with Crippen LogP contribution in [-0.2, 0) is 4.65 Å². The van der Waals surface area contributed by atoms with Crippen molar-refractivity contribution in [1.29, 1.82) is 5.41 Å². The van der Waals surface area contributed by atoms with E-state index in [2.05, 4.69) is 0 Å². The van der Waals surface area contributed by atoms with Gasteiger partial charge in [0.1, 0.15) is 0 Å². The highest BCUT2D eigenvalue weighted by molar-refractivity contribution is 5.97. The molecule has 0 aromatic carbocycles. The van der Waals surface area contributed by atoms with Crippen LogP contribution in [0, 0.1) is 17.2 Å². The lowest BCUT2D eigenvalue weighted by molar-refractivity contribution is 0.238. The van der Waals surface area contributed by atoms with Gasteiger partial charge in [-0.1, -0.05) is 6.42 Å². The molecular formula is C11H22BN3O. The topological polar surface area (TPSA) is 85.1 Å². The molecule has 0 bridgehead atoms. The first kappa shape index (κ1) is 13.1. The summed E-state index contributed by atoms with van der Waals surface area (Å²) in [5.41, 5.74) is 12.4. The zero-order valence-corrected chi connectivity index (χ0v) is 10.0. The first-order valence-electron chi connectivity index (χ1n) is 5.92. The monoisotopic (exact) mass is 223 g/mol. The predicted molar refractivity (Wildman–Crippen MR) is 68.7 cm³/mol. The van der Waals surface area contributed by atoms with Gasteiger partial charge < -0.3 is 21.5 Å². The van der Waals surface area contributed by atoms with Gasteiger partial charge in [0.05, 0.1) is 5.82 Å². The van der Waals surface area contributed by atoms with E-state index in [4.69, 9.17) is 21.5 Å². The molecule has 0 heterocycles. The SMILES string of the molecule is BOCC1CCCC(C=N)C(=C(N)N)CC1. The summed E-state index contributed by atoms with van der Waals surface area (Å²) < 4.78 is 5.20. The highest BCUT2D eigenvalue weighted by atomic mass is 16.4. The van der Waals surface area contributed by atoms with Crippen molar-refractivity contribution in [2.45, 2.75) is 32.1 Å². The van der Waals surface area contributed by atoms with Crippen LogP contribution in [0.5, 0.6) is 0 Å². The minimum atomic E-state index is 0.147. The maximum atomic E-state index is 7.43. The van der Waals surface area contributed by atoms with Gasteiger partial charge in [0.25, 0.3) is 8.05 Å². The van der Waals surface area contributed by atoms with Gasteiger partial charge in [-0.15, -0.1) is 0 Å². The van der Waals surface area contributed by atoms with Gasteiger partial charge in [-0.3, -0.25) is 0 Å². The minimum absolute atomic E-state index is 0.147. The normalized spacial score (nSPS) is 26.9. The van der Waals surface area contributed by atoms with Gasteiger partial charge >= 0.3 is 0 Å². The Labute approximate surface area is 98.4 Å². The second-order valence-corrected chi connectivity index (χ2v) is 4.54. The molecule has 4 nitrogen and oxygen atoms in total. The number of hydrogen-bond acceptors (Lipinski definition) is 4. The van der Waals surface area contributed by atoms with Crippen LogP contribution in [0.2, 0.25) is 0 Å². The van der Waals surface area contributed by atoms with Crippen LogP contribution in [0.4, 0.5) is 0 Å². The Morgan fingerprint density at radius 3 is 2.75 bits per heavy atom. The van der Waals surface area contributed by atoms with Gasteiger partial charge in [-0.05, 0) is 37.2 Å². The second-order valence-electron chi connectivity index (χ2n) is 4.54. The van der Waals surface area contributed by atoms with Crippen molar-refractivity contribution in [1.82, 2.24) is 0 Å². The quantitative estimate of drug-likeness (QED) is 0.481. The average Bonchev–Trinajstić information content (AvgIpc) is 2.21. The summed E-state index contributed by atoms with van der Waals surface area (Å²) in [4.78, 5) is 0. The molecule has 0 saturated heterocycles. The fourth-order valence-corrected chi connectivity index (χ4v) is 2.43. The fourth-order valence-electron chi connectivity index (χ4n) is 2.43. The van der Waals surface area contributed by atoms with Crippen LogP contribution in [0.3, 0.4) is 0 Å². The number of hydrogen-bond donors (Lipinski definition) is 3. The number of allylic oxidation sites excluding steroid dienone is 1. The average molecular weight is 223 g/mol. The molecule has 0 aromatic heterocycles.